The molecule has 1 aromatic rings. The molecule has 0 aliphatic heterocycles. The van der Waals surface area contributed by atoms with E-state index in [1.807, 2.05) is 0 Å². The van der Waals surface area contributed by atoms with Crippen LogP contribution in [0.4, 0.5) is 18.0 Å². The molecule has 4 nitrogen and oxygen atoms in total. The molecule has 24 heavy (non-hydrogen) atoms. The summed E-state index contributed by atoms with van der Waals surface area (Å²) in [6.07, 6.45) is 1.51. The Kier molecular flexibility index (Phi) is 7.51. The minimum atomic E-state index is -0.723. The van der Waals surface area contributed by atoms with Gasteiger partial charge in [0, 0.05) is 18.3 Å². The molecule has 0 aliphatic carbocycles. The predicted molar refractivity (Wildman–Crippen MR) is 87.9 cm³/mol. The van der Waals surface area contributed by atoms with Crippen LogP contribution in [0.25, 0.3) is 0 Å². The van der Waals surface area contributed by atoms with E-state index in [0.29, 0.717) is 24.2 Å². The molecular formula is C17H22F3N3O. The van der Waals surface area contributed by atoms with Gasteiger partial charge in [0.25, 0.3) is 0 Å². The Labute approximate surface area is 140 Å². The van der Waals surface area contributed by atoms with Crippen molar-refractivity contribution in [1.82, 2.24) is 15.5 Å². The summed E-state index contributed by atoms with van der Waals surface area (Å²) < 4.78 is 39.7. The fraction of sp³-hybridized carbons (Fsp3) is 0.353. The van der Waals surface area contributed by atoms with Crippen LogP contribution in [0.2, 0.25) is 0 Å². The van der Waals surface area contributed by atoms with Gasteiger partial charge in [0.2, 0.25) is 0 Å². The molecule has 2 N–H and O–H groups in total. The number of allylic oxidation sites excluding steroid dienone is 3. The van der Waals surface area contributed by atoms with E-state index in [9.17, 15) is 18.0 Å². The molecule has 7 heteroatoms. The number of urea groups is 1. The van der Waals surface area contributed by atoms with Crippen molar-refractivity contribution in [3.05, 3.63) is 59.6 Å². The molecule has 0 heterocycles. The zero-order valence-corrected chi connectivity index (χ0v) is 14.0. The molecule has 0 spiro atoms. The number of hydrogen-bond acceptors (Lipinski definition) is 2. The molecule has 132 valence electrons. The number of carbonyl (C=O) groups is 1. The third kappa shape index (κ3) is 6.87. The molecule has 1 unspecified atom stereocenters. The number of nitrogens with one attached hydrogen (secondary N) is 2. The first-order valence-corrected chi connectivity index (χ1v) is 7.44. The second-order valence-corrected chi connectivity index (χ2v) is 5.59. The van der Waals surface area contributed by atoms with Crippen molar-refractivity contribution in [2.75, 3.05) is 20.6 Å². The second kappa shape index (κ2) is 9.12. The summed E-state index contributed by atoms with van der Waals surface area (Å²) in [4.78, 5) is 13.9. The van der Waals surface area contributed by atoms with Crippen LogP contribution in [0.3, 0.4) is 0 Å². The van der Waals surface area contributed by atoms with Crippen LogP contribution >= 0.6 is 0 Å². The van der Waals surface area contributed by atoms with Gasteiger partial charge in [-0.2, -0.15) is 0 Å². The quantitative estimate of drug-likeness (QED) is 0.744. The van der Waals surface area contributed by atoms with Crippen molar-refractivity contribution < 1.29 is 18.0 Å². The molecule has 0 aromatic heterocycles. The lowest BCUT2D eigenvalue weighted by atomic mass is 10.1. The molecule has 1 rings (SSSR count). The number of amides is 2. The SMILES string of the molecule is C=C(F)/C=C(\CC)NC(=O)NC(CN(C)C)c1cc(F)cc(F)c1. The summed E-state index contributed by atoms with van der Waals surface area (Å²) in [6, 6.07) is 1.86. The number of rotatable bonds is 7. The summed E-state index contributed by atoms with van der Waals surface area (Å²) in [5.74, 6) is -2.12. The minimum Gasteiger partial charge on any atom is -0.330 e. The highest BCUT2D eigenvalue weighted by Gasteiger charge is 2.18. The zero-order valence-electron chi connectivity index (χ0n) is 14.0. The Bertz CT molecular complexity index is 609. The van der Waals surface area contributed by atoms with Gasteiger partial charge in [-0.05, 0) is 44.3 Å². The van der Waals surface area contributed by atoms with Crippen LogP contribution in [0.15, 0.2) is 42.4 Å². The molecular weight excluding hydrogens is 319 g/mol. The first-order valence-electron chi connectivity index (χ1n) is 7.44. The van der Waals surface area contributed by atoms with Gasteiger partial charge in [0.15, 0.2) is 0 Å². The Morgan fingerprint density at radius 1 is 1.29 bits per heavy atom. The lowest BCUT2D eigenvalue weighted by molar-refractivity contribution is 0.235. The fourth-order valence-electron chi connectivity index (χ4n) is 2.13. The smallest absolute Gasteiger partial charge is 0.319 e. The van der Waals surface area contributed by atoms with E-state index in [2.05, 4.69) is 17.2 Å². The summed E-state index contributed by atoms with van der Waals surface area (Å²) >= 11 is 0. The summed E-state index contributed by atoms with van der Waals surface area (Å²) in [7, 11) is 3.54. The average Bonchev–Trinajstić information content (AvgIpc) is 2.43. The van der Waals surface area contributed by atoms with Crippen LogP contribution in [0.1, 0.15) is 24.9 Å². The Morgan fingerprint density at radius 3 is 2.33 bits per heavy atom. The number of nitrogens with zero attached hydrogens (tertiary/aromatic N) is 1. The fourth-order valence-corrected chi connectivity index (χ4v) is 2.13. The van der Waals surface area contributed by atoms with Crippen LogP contribution < -0.4 is 10.6 Å². The van der Waals surface area contributed by atoms with E-state index in [1.54, 1.807) is 25.9 Å². The molecule has 2 amide bonds. The van der Waals surface area contributed by atoms with Crippen molar-refractivity contribution in [3.63, 3.8) is 0 Å². The van der Waals surface area contributed by atoms with Gasteiger partial charge in [-0.15, -0.1) is 0 Å². The molecule has 1 aromatic carbocycles. The van der Waals surface area contributed by atoms with Crippen LogP contribution in [-0.2, 0) is 0 Å². The third-order valence-electron chi connectivity index (χ3n) is 3.13. The van der Waals surface area contributed by atoms with E-state index in [-0.39, 0.29) is 0 Å². The number of hydrogen-bond donors (Lipinski definition) is 2. The lowest BCUT2D eigenvalue weighted by Crippen LogP contribution is -2.41. The van der Waals surface area contributed by atoms with Crippen molar-refractivity contribution in [2.45, 2.75) is 19.4 Å². The zero-order chi connectivity index (χ0) is 18.3. The maximum Gasteiger partial charge on any atom is 0.319 e. The van der Waals surface area contributed by atoms with E-state index in [4.69, 9.17) is 0 Å². The standard InChI is InChI=1S/C17H22F3N3O/c1-5-15(6-11(2)18)21-17(24)22-16(10-23(3)4)12-7-13(19)9-14(20)8-12/h6-9,16H,2,5,10H2,1,3-4H3,(H2,21,22,24)/b15-6+. The van der Waals surface area contributed by atoms with Crippen LogP contribution in [0.5, 0.6) is 0 Å². The maximum absolute atomic E-state index is 13.4. The lowest BCUT2D eigenvalue weighted by Gasteiger charge is -2.23. The van der Waals surface area contributed by atoms with Crippen molar-refractivity contribution >= 4 is 6.03 Å². The highest BCUT2D eigenvalue weighted by molar-refractivity contribution is 5.76. The third-order valence-corrected chi connectivity index (χ3v) is 3.13. The number of benzene rings is 1. The first-order chi connectivity index (χ1) is 11.2. The van der Waals surface area contributed by atoms with Crippen molar-refractivity contribution in [1.29, 1.82) is 0 Å². The summed E-state index contributed by atoms with van der Waals surface area (Å²) in [5.41, 5.74) is 0.641. The van der Waals surface area contributed by atoms with Crippen LogP contribution in [0, 0.1) is 11.6 Å². The van der Waals surface area contributed by atoms with Gasteiger partial charge < -0.3 is 15.5 Å². The van der Waals surface area contributed by atoms with Gasteiger partial charge >= 0.3 is 6.03 Å². The van der Waals surface area contributed by atoms with Gasteiger partial charge in [0.05, 0.1) is 6.04 Å². The van der Waals surface area contributed by atoms with Gasteiger partial charge in [-0.3, -0.25) is 0 Å². The number of carbonyl (C=O) groups excluding carboxylic acids is 1. The Morgan fingerprint density at radius 2 is 1.88 bits per heavy atom. The first kappa shape index (κ1) is 19.8. The summed E-state index contributed by atoms with van der Waals surface area (Å²) in [5, 5.41) is 5.14. The highest BCUT2D eigenvalue weighted by atomic mass is 19.1. The Balaban J connectivity index is 2.93. The molecule has 1 atom stereocenters. The largest absolute Gasteiger partial charge is 0.330 e. The summed E-state index contributed by atoms with van der Waals surface area (Å²) in [6.45, 7) is 5.19. The van der Waals surface area contributed by atoms with E-state index in [1.165, 1.54) is 0 Å². The van der Waals surface area contributed by atoms with Gasteiger partial charge in [-0.25, -0.2) is 18.0 Å². The predicted octanol–water partition coefficient (Wildman–Crippen LogP) is 3.64. The topological polar surface area (TPSA) is 44.4 Å². The minimum absolute atomic E-state index is 0.299. The molecule has 0 aliphatic rings. The average molecular weight is 341 g/mol. The molecule has 0 fully saturated rings. The molecule has 0 saturated heterocycles. The molecule has 0 bridgehead atoms. The monoisotopic (exact) mass is 341 g/mol. The molecule has 0 radical (unpaired) electrons. The van der Waals surface area contributed by atoms with E-state index in [0.717, 1.165) is 24.3 Å². The normalized spacial score (nSPS) is 12.9. The Hall–Kier alpha value is -2.28. The second-order valence-electron chi connectivity index (χ2n) is 5.59. The molecule has 0 saturated carbocycles. The van der Waals surface area contributed by atoms with E-state index < -0.39 is 29.5 Å². The van der Waals surface area contributed by atoms with Gasteiger partial charge in [-0.1, -0.05) is 13.5 Å². The van der Waals surface area contributed by atoms with Crippen LogP contribution in [-0.4, -0.2) is 31.6 Å². The highest BCUT2D eigenvalue weighted by Crippen LogP contribution is 2.17. The maximum atomic E-state index is 13.4. The van der Waals surface area contributed by atoms with Crippen molar-refractivity contribution in [3.8, 4) is 0 Å². The van der Waals surface area contributed by atoms with E-state index >= 15 is 0 Å². The van der Waals surface area contributed by atoms with Crippen molar-refractivity contribution in [2.24, 2.45) is 0 Å². The van der Waals surface area contributed by atoms with Gasteiger partial charge in [0.1, 0.15) is 17.5 Å². The number of likely N-dealkylation sites (N-methyl/N-ethyl adjacent to an activating group) is 1. The number of halogens is 3.